The van der Waals surface area contributed by atoms with Gasteiger partial charge in [-0.2, -0.15) is 0 Å². The maximum absolute atomic E-state index is 13.0. The molecule has 128 valence electrons. The molecule has 1 saturated carbocycles. The highest BCUT2D eigenvalue weighted by Crippen LogP contribution is 2.42. The maximum Gasteiger partial charge on any atom is 0.255 e. The van der Waals surface area contributed by atoms with Crippen LogP contribution in [0, 0.1) is 11.3 Å². The second-order valence-corrected chi connectivity index (χ2v) is 7.50. The molecule has 2 amide bonds. The molecular weight excluding hydrogens is 306 g/mol. The molecule has 6 nitrogen and oxygen atoms in total. The van der Waals surface area contributed by atoms with Crippen molar-refractivity contribution in [3.8, 4) is 0 Å². The number of nitrogens with zero attached hydrogens (tertiary/aromatic N) is 2. The highest BCUT2D eigenvalue weighted by molar-refractivity contribution is 5.95. The number of aromatic amines is 1. The van der Waals surface area contributed by atoms with E-state index in [-0.39, 0.29) is 22.8 Å². The quantitative estimate of drug-likeness (QED) is 0.907. The first-order valence-corrected chi connectivity index (χ1v) is 8.85. The van der Waals surface area contributed by atoms with Gasteiger partial charge in [-0.05, 0) is 44.1 Å². The average Bonchev–Trinajstić information content (AvgIpc) is 3.30. The van der Waals surface area contributed by atoms with Crippen LogP contribution in [0.5, 0.6) is 0 Å². The van der Waals surface area contributed by atoms with Crippen molar-refractivity contribution in [3.63, 3.8) is 0 Å². The van der Waals surface area contributed by atoms with Gasteiger partial charge in [0, 0.05) is 38.4 Å². The lowest BCUT2D eigenvalue weighted by atomic mass is 9.78. The van der Waals surface area contributed by atoms with E-state index in [2.05, 4.69) is 4.98 Å². The molecule has 0 aromatic carbocycles. The van der Waals surface area contributed by atoms with Gasteiger partial charge in [0.2, 0.25) is 11.5 Å². The number of likely N-dealkylation sites (tertiary alicyclic amines) is 2. The zero-order valence-electron chi connectivity index (χ0n) is 13.8. The number of H-pyrrole nitrogens is 1. The second-order valence-electron chi connectivity index (χ2n) is 7.50. The maximum atomic E-state index is 13.0. The Bertz CT molecular complexity index is 704. The van der Waals surface area contributed by atoms with E-state index in [1.807, 2.05) is 4.90 Å². The number of amides is 2. The lowest BCUT2D eigenvalue weighted by Gasteiger charge is -2.39. The summed E-state index contributed by atoms with van der Waals surface area (Å²) < 4.78 is 0. The van der Waals surface area contributed by atoms with Gasteiger partial charge in [-0.15, -0.1) is 0 Å². The van der Waals surface area contributed by atoms with E-state index in [1.54, 1.807) is 11.0 Å². The van der Waals surface area contributed by atoms with Gasteiger partial charge in [0.05, 0.1) is 11.0 Å². The molecule has 3 heterocycles. The van der Waals surface area contributed by atoms with Gasteiger partial charge in [0.15, 0.2) is 0 Å². The summed E-state index contributed by atoms with van der Waals surface area (Å²) in [5, 5.41) is 0. The Labute approximate surface area is 140 Å². The van der Waals surface area contributed by atoms with Crippen molar-refractivity contribution in [3.05, 3.63) is 34.2 Å². The summed E-state index contributed by atoms with van der Waals surface area (Å²) in [7, 11) is 0. The summed E-state index contributed by atoms with van der Waals surface area (Å²) in [5.41, 5.74) is -0.127. The largest absolute Gasteiger partial charge is 0.342 e. The number of aromatic nitrogens is 1. The van der Waals surface area contributed by atoms with Crippen LogP contribution in [0.3, 0.4) is 0 Å². The van der Waals surface area contributed by atoms with Crippen molar-refractivity contribution in [1.29, 1.82) is 0 Å². The molecule has 24 heavy (non-hydrogen) atoms. The molecule has 1 N–H and O–H groups in total. The summed E-state index contributed by atoms with van der Waals surface area (Å²) in [4.78, 5) is 43.1. The van der Waals surface area contributed by atoms with Crippen LogP contribution >= 0.6 is 0 Å². The van der Waals surface area contributed by atoms with Crippen LogP contribution in [0.15, 0.2) is 23.1 Å². The van der Waals surface area contributed by atoms with Gasteiger partial charge in [-0.3, -0.25) is 14.4 Å². The fraction of sp³-hybridized carbons (Fsp3) is 0.611. The van der Waals surface area contributed by atoms with E-state index in [0.717, 1.165) is 32.4 Å². The zero-order valence-corrected chi connectivity index (χ0v) is 13.8. The molecule has 4 rings (SSSR count). The molecule has 0 unspecified atom stereocenters. The van der Waals surface area contributed by atoms with Gasteiger partial charge >= 0.3 is 0 Å². The molecule has 2 saturated heterocycles. The number of hydrogen-bond donors (Lipinski definition) is 1. The van der Waals surface area contributed by atoms with Gasteiger partial charge in [-0.25, -0.2) is 0 Å². The lowest BCUT2D eigenvalue weighted by molar-refractivity contribution is -0.145. The Morgan fingerprint density at radius 3 is 2.75 bits per heavy atom. The standard InChI is InChI=1S/C18H23N3O3/c22-15-5-4-14(10-19-15)16(23)21-9-7-18(12-21)6-1-8-20(17(18)24)11-13-2-3-13/h4-5,10,13H,1-3,6-9,11-12H2,(H,19,22)/t18-/m0/s1. The Morgan fingerprint density at radius 1 is 1.21 bits per heavy atom. The lowest BCUT2D eigenvalue weighted by Crippen LogP contribution is -2.50. The van der Waals surface area contributed by atoms with Gasteiger partial charge in [0.25, 0.3) is 5.91 Å². The third-order valence-electron chi connectivity index (χ3n) is 5.67. The van der Waals surface area contributed by atoms with Crippen LogP contribution in [-0.4, -0.2) is 52.8 Å². The number of hydrogen-bond acceptors (Lipinski definition) is 3. The summed E-state index contributed by atoms with van der Waals surface area (Å²) >= 11 is 0. The molecule has 1 aromatic rings. The first kappa shape index (κ1) is 15.4. The zero-order chi connectivity index (χ0) is 16.7. The van der Waals surface area contributed by atoms with Crippen LogP contribution in [0.25, 0.3) is 0 Å². The van der Waals surface area contributed by atoms with E-state index < -0.39 is 0 Å². The molecule has 3 aliphatic rings. The van der Waals surface area contributed by atoms with Gasteiger partial charge in [0.1, 0.15) is 0 Å². The Hall–Kier alpha value is -2.11. The Morgan fingerprint density at radius 2 is 2.04 bits per heavy atom. The molecule has 6 heteroatoms. The fourth-order valence-electron chi connectivity index (χ4n) is 4.09. The molecule has 3 fully saturated rings. The minimum absolute atomic E-state index is 0.102. The minimum atomic E-state index is -0.384. The van der Waals surface area contributed by atoms with Crippen LogP contribution in [-0.2, 0) is 4.79 Å². The Balaban J connectivity index is 1.48. The van der Waals surface area contributed by atoms with Crippen molar-refractivity contribution in [2.75, 3.05) is 26.2 Å². The number of carbonyl (C=O) groups excluding carboxylic acids is 2. The minimum Gasteiger partial charge on any atom is -0.342 e. The highest BCUT2D eigenvalue weighted by Gasteiger charge is 2.49. The molecule has 1 aromatic heterocycles. The molecule has 2 aliphatic heterocycles. The number of nitrogens with one attached hydrogen (secondary N) is 1. The molecule has 1 spiro atoms. The highest BCUT2D eigenvalue weighted by atomic mass is 16.2. The average molecular weight is 329 g/mol. The fourth-order valence-corrected chi connectivity index (χ4v) is 4.09. The van der Waals surface area contributed by atoms with Crippen molar-refractivity contribution in [1.82, 2.24) is 14.8 Å². The Kier molecular flexibility index (Phi) is 3.70. The first-order valence-electron chi connectivity index (χ1n) is 8.85. The van der Waals surface area contributed by atoms with E-state index >= 15 is 0 Å². The smallest absolute Gasteiger partial charge is 0.255 e. The third kappa shape index (κ3) is 2.74. The predicted octanol–water partition coefficient (Wildman–Crippen LogP) is 1.24. The summed E-state index contributed by atoms with van der Waals surface area (Å²) in [5.74, 6) is 0.844. The number of pyridine rings is 1. The normalized spacial score (nSPS) is 27.1. The topological polar surface area (TPSA) is 73.5 Å². The molecule has 0 radical (unpaired) electrons. The van der Waals surface area contributed by atoms with Crippen molar-refractivity contribution < 1.29 is 9.59 Å². The predicted molar refractivity (Wildman–Crippen MR) is 88.6 cm³/mol. The number of rotatable bonds is 3. The summed E-state index contributed by atoms with van der Waals surface area (Å²) in [6.07, 6.45) is 6.60. The van der Waals surface area contributed by atoms with Crippen molar-refractivity contribution >= 4 is 11.8 Å². The molecule has 0 bridgehead atoms. The molecule has 1 atom stereocenters. The third-order valence-corrected chi connectivity index (χ3v) is 5.67. The first-order chi connectivity index (χ1) is 11.6. The van der Waals surface area contributed by atoms with Crippen LogP contribution in [0.4, 0.5) is 0 Å². The van der Waals surface area contributed by atoms with E-state index in [0.29, 0.717) is 24.6 Å². The van der Waals surface area contributed by atoms with E-state index in [1.165, 1.54) is 25.1 Å². The number of piperidine rings is 1. The van der Waals surface area contributed by atoms with Gasteiger partial charge < -0.3 is 14.8 Å². The summed E-state index contributed by atoms with van der Waals surface area (Å²) in [6, 6.07) is 2.91. The SMILES string of the molecule is O=C(c1ccc(=O)[nH]c1)N1CC[C@@]2(CCCN(CC3CC3)C2=O)C1. The molecular formula is C18H23N3O3. The van der Waals surface area contributed by atoms with Crippen LogP contribution in [0.2, 0.25) is 0 Å². The number of carbonyl (C=O) groups is 2. The van der Waals surface area contributed by atoms with Gasteiger partial charge in [-0.1, -0.05) is 0 Å². The second kappa shape index (κ2) is 5.76. The van der Waals surface area contributed by atoms with E-state index in [9.17, 15) is 14.4 Å². The van der Waals surface area contributed by atoms with Crippen LogP contribution in [0.1, 0.15) is 42.5 Å². The monoisotopic (exact) mass is 329 g/mol. The van der Waals surface area contributed by atoms with Crippen LogP contribution < -0.4 is 5.56 Å². The van der Waals surface area contributed by atoms with E-state index in [4.69, 9.17) is 0 Å². The van der Waals surface area contributed by atoms with Crippen molar-refractivity contribution in [2.45, 2.75) is 32.1 Å². The van der Waals surface area contributed by atoms with Crippen molar-refractivity contribution in [2.24, 2.45) is 11.3 Å². The summed E-state index contributed by atoms with van der Waals surface area (Å²) in [6.45, 7) is 2.88. The molecule has 1 aliphatic carbocycles.